The number of nitrogens with zero attached hydrogens (tertiary/aromatic N) is 1. The zero-order chi connectivity index (χ0) is 43.7. The van der Waals surface area contributed by atoms with E-state index in [-0.39, 0.29) is 5.92 Å². The van der Waals surface area contributed by atoms with Crippen LogP contribution in [0.4, 0.5) is 17.1 Å². The third kappa shape index (κ3) is 7.07. The Hall–Kier alpha value is -8.00. The molecule has 0 fully saturated rings. The Morgan fingerprint density at radius 2 is 0.800 bits per heavy atom. The summed E-state index contributed by atoms with van der Waals surface area (Å²) < 4.78 is 0. The number of para-hydroxylation sites is 1. The lowest BCUT2D eigenvalue weighted by atomic mass is 9.67. The standard InChI is InChI=1S/C64H49N/c1-45-19-15-16-28-57(45)61-43-51(37-41-58(61)46(2)47-20-7-3-8-21-47)50-33-31-48(32-34-50)49-35-38-55(39-36-49)65(54-26-13-6-14-27-54)56-40-42-60-59-29-17-18-30-62(59)64(63(60)44-56,52-22-9-4-10-23-52)53-24-11-5-12-25-53/h3-44,46H,1-2H3. The van der Waals surface area contributed by atoms with Crippen molar-refractivity contribution in [2.45, 2.75) is 25.2 Å². The molecule has 65 heavy (non-hydrogen) atoms. The Kier molecular flexibility index (Phi) is 10.4. The Bertz CT molecular complexity index is 3210. The molecule has 1 aliphatic rings. The summed E-state index contributed by atoms with van der Waals surface area (Å²) in [5, 5.41) is 0. The maximum absolute atomic E-state index is 2.44. The summed E-state index contributed by atoms with van der Waals surface area (Å²) >= 11 is 0. The van der Waals surface area contributed by atoms with Gasteiger partial charge in [-0.2, -0.15) is 0 Å². The van der Waals surface area contributed by atoms with Crippen LogP contribution in [0.5, 0.6) is 0 Å². The van der Waals surface area contributed by atoms with Crippen LogP contribution < -0.4 is 4.90 Å². The molecule has 1 nitrogen and oxygen atoms in total. The summed E-state index contributed by atoms with van der Waals surface area (Å²) in [6.45, 7) is 4.53. The molecule has 310 valence electrons. The van der Waals surface area contributed by atoms with E-state index in [1.165, 1.54) is 83.5 Å². The molecule has 10 aromatic rings. The van der Waals surface area contributed by atoms with Gasteiger partial charge in [0.1, 0.15) is 0 Å². The molecule has 11 rings (SSSR count). The SMILES string of the molecule is Cc1ccccc1-c1cc(-c2ccc(-c3ccc(N(c4ccccc4)c4ccc5c(c4)C(c4ccccc4)(c4ccccc4)c4ccccc4-5)cc3)cc2)ccc1C(C)c1ccccc1. The van der Waals surface area contributed by atoms with Gasteiger partial charge in [-0.15, -0.1) is 0 Å². The molecular formula is C64H49N. The van der Waals surface area contributed by atoms with E-state index < -0.39 is 5.41 Å². The van der Waals surface area contributed by atoms with Gasteiger partial charge in [0.05, 0.1) is 5.41 Å². The van der Waals surface area contributed by atoms with Gasteiger partial charge in [-0.25, -0.2) is 0 Å². The van der Waals surface area contributed by atoms with E-state index in [1.807, 2.05) is 0 Å². The molecule has 0 bridgehead atoms. The fraction of sp³-hybridized carbons (Fsp3) is 0.0625. The van der Waals surface area contributed by atoms with Gasteiger partial charge in [0.15, 0.2) is 0 Å². The molecular weight excluding hydrogens is 783 g/mol. The van der Waals surface area contributed by atoms with Gasteiger partial charge in [-0.3, -0.25) is 0 Å². The number of fused-ring (bicyclic) bond motifs is 3. The van der Waals surface area contributed by atoms with Gasteiger partial charge < -0.3 is 4.90 Å². The van der Waals surface area contributed by atoms with Crippen molar-refractivity contribution in [3.63, 3.8) is 0 Å². The summed E-state index contributed by atoms with van der Waals surface area (Å²) in [7, 11) is 0. The first-order valence-electron chi connectivity index (χ1n) is 22.7. The highest BCUT2D eigenvalue weighted by Crippen LogP contribution is 2.57. The first-order valence-corrected chi connectivity index (χ1v) is 22.7. The van der Waals surface area contributed by atoms with Crippen LogP contribution in [0.15, 0.2) is 255 Å². The number of anilines is 3. The highest BCUT2D eigenvalue weighted by Gasteiger charge is 2.46. The quantitative estimate of drug-likeness (QED) is 0.133. The Morgan fingerprint density at radius 1 is 0.338 bits per heavy atom. The topological polar surface area (TPSA) is 3.24 Å². The van der Waals surface area contributed by atoms with Crippen molar-refractivity contribution < 1.29 is 0 Å². The van der Waals surface area contributed by atoms with Crippen molar-refractivity contribution in [2.75, 3.05) is 4.90 Å². The molecule has 1 unspecified atom stereocenters. The minimum atomic E-state index is -0.479. The summed E-state index contributed by atoms with van der Waals surface area (Å²) in [6.07, 6.45) is 0. The van der Waals surface area contributed by atoms with Crippen molar-refractivity contribution in [3.05, 3.63) is 294 Å². The predicted molar refractivity (Wildman–Crippen MR) is 273 cm³/mol. The highest BCUT2D eigenvalue weighted by atomic mass is 15.1. The van der Waals surface area contributed by atoms with Crippen LogP contribution >= 0.6 is 0 Å². The molecule has 0 aromatic heterocycles. The van der Waals surface area contributed by atoms with Gasteiger partial charge in [0.25, 0.3) is 0 Å². The average Bonchev–Trinajstić information content (AvgIpc) is 3.68. The molecule has 0 saturated carbocycles. The fourth-order valence-corrected chi connectivity index (χ4v) is 10.4. The Labute approximate surface area is 383 Å². The molecule has 0 saturated heterocycles. The second-order valence-electron chi connectivity index (χ2n) is 17.3. The van der Waals surface area contributed by atoms with Crippen LogP contribution in [0.3, 0.4) is 0 Å². The first kappa shape index (κ1) is 39.8. The number of benzene rings is 10. The third-order valence-electron chi connectivity index (χ3n) is 13.6. The van der Waals surface area contributed by atoms with Crippen LogP contribution in [-0.2, 0) is 5.41 Å². The lowest BCUT2D eigenvalue weighted by Crippen LogP contribution is -2.28. The van der Waals surface area contributed by atoms with Crippen LogP contribution in [0, 0.1) is 6.92 Å². The zero-order valence-electron chi connectivity index (χ0n) is 36.8. The van der Waals surface area contributed by atoms with Crippen molar-refractivity contribution in [2.24, 2.45) is 0 Å². The van der Waals surface area contributed by atoms with Crippen LogP contribution in [0.2, 0.25) is 0 Å². The predicted octanol–water partition coefficient (Wildman–Crippen LogP) is 17.0. The average molecular weight is 832 g/mol. The number of hydrogen-bond acceptors (Lipinski definition) is 1. The summed E-state index contributed by atoms with van der Waals surface area (Å²) in [6, 6.07) is 93.6. The van der Waals surface area contributed by atoms with E-state index in [0.717, 1.165) is 17.1 Å². The maximum Gasteiger partial charge on any atom is 0.0714 e. The molecule has 1 atom stereocenters. The lowest BCUT2D eigenvalue weighted by Gasteiger charge is -2.35. The third-order valence-corrected chi connectivity index (χ3v) is 13.6. The Balaban J connectivity index is 0.956. The minimum absolute atomic E-state index is 0.264. The van der Waals surface area contributed by atoms with Crippen molar-refractivity contribution in [1.29, 1.82) is 0 Å². The van der Waals surface area contributed by atoms with Crippen molar-refractivity contribution >= 4 is 17.1 Å². The summed E-state index contributed by atoms with van der Waals surface area (Å²) in [5.74, 6) is 0.264. The van der Waals surface area contributed by atoms with Crippen LogP contribution in [-0.4, -0.2) is 0 Å². The van der Waals surface area contributed by atoms with Gasteiger partial charge in [-0.1, -0.05) is 219 Å². The van der Waals surface area contributed by atoms with Gasteiger partial charge in [0.2, 0.25) is 0 Å². The van der Waals surface area contributed by atoms with Crippen LogP contribution in [0.1, 0.15) is 51.8 Å². The van der Waals surface area contributed by atoms with E-state index >= 15 is 0 Å². The van der Waals surface area contributed by atoms with Gasteiger partial charge >= 0.3 is 0 Å². The second kappa shape index (κ2) is 16.9. The van der Waals surface area contributed by atoms with E-state index in [2.05, 4.69) is 274 Å². The monoisotopic (exact) mass is 831 g/mol. The molecule has 0 radical (unpaired) electrons. The molecule has 0 amide bonds. The lowest BCUT2D eigenvalue weighted by molar-refractivity contribution is 0.768. The van der Waals surface area contributed by atoms with Crippen molar-refractivity contribution in [1.82, 2.24) is 0 Å². The smallest absolute Gasteiger partial charge is 0.0714 e. The number of rotatable bonds is 10. The van der Waals surface area contributed by atoms with E-state index in [0.29, 0.717) is 0 Å². The summed E-state index contributed by atoms with van der Waals surface area (Å²) in [5.41, 5.74) is 21.8. The number of hydrogen-bond donors (Lipinski definition) is 0. The van der Waals surface area contributed by atoms with Gasteiger partial charge in [-0.05, 0) is 133 Å². The van der Waals surface area contributed by atoms with E-state index in [1.54, 1.807) is 0 Å². The van der Waals surface area contributed by atoms with Crippen molar-refractivity contribution in [3.8, 4) is 44.5 Å². The maximum atomic E-state index is 2.44. The molecule has 0 N–H and O–H groups in total. The number of aryl methyl sites for hydroxylation is 1. The molecule has 1 aliphatic carbocycles. The normalized spacial score (nSPS) is 12.8. The molecule has 0 heterocycles. The van der Waals surface area contributed by atoms with Gasteiger partial charge in [0, 0.05) is 23.0 Å². The molecule has 0 spiro atoms. The molecule has 1 heteroatoms. The summed E-state index contributed by atoms with van der Waals surface area (Å²) in [4.78, 5) is 2.39. The largest absolute Gasteiger partial charge is 0.310 e. The highest BCUT2D eigenvalue weighted by molar-refractivity contribution is 5.90. The minimum Gasteiger partial charge on any atom is -0.310 e. The molecule has 0 aliphatic heterocycles. The molecule has 10 aromatic carbocycles. The Morgan fingerprint density at radius 3 is 1.43 bits per heavy atom. The second-order valence-corrected chi connectivity index (χ2v) is 17.3. The fourth-order valence-electron chi connectivity index (χ4n) is 10.4. The van der Waals surface area contributed by atoms with E-state index in [9.17, 15) is 0 Å². The zero-order valence-corrected chi connectivity index (χ0v) is 36.8. The van der Waals surface area contributed by atoms with E-state index in [4.69, 9.17) is 0 Å². The first-order chi connectivity index (χ1) is 32.1. The van der Waals surface area contributed by atoms with Crippen LogP contribution in [0.25, 0.3) is 44.5 Å².